The summed E-state index contributed by atoms with van der Waals surface area (Å²) < 4.78 is 1.80. The molecule has 0 saturated carbocycles. The largest absolute Gasteiger partial charge is 0.324 e. The van der Waals surface area contributed by atoms with Crippen molar-refractivity contribution in [1.82, 2.24) is 0 Å². The summed E-state index contributed by atoms with van der Waals surface area (Å²) in [5.74, 6) is 0.0520. The first-order valence-corrected chi connectivity index (χ1v) is 8.07. The lowest BCUT2D eigenvalue weighted by molar-refractivity contribution is -0.116. The molecular formula is C12H14Br3NO. The van der Waals surface area contributed by atoms with E-state index in [0.29, 0.717) is 6.42 Å². The quantitative estimate of drug-likeness (QED) is 0.518. The fourth-order valence-electron chi connectivity index (χ4n) is 1.40. The molecule has 17 heavy (non-hydrogen) atoms. The molecule has 1 aromatic rings. The van der Waals surface area contributed by atoms with Gasteiger partial charge in [0, 0.05) is 20.7 Å². The Labute approximate surface area is 127 Å². The van der Waals surface area contributed by atoms with Crippen molar-refractivity contribution in [3.05, 3.63) is 26.6 Å². The number of carbonyl (C=O) groups excluding carboxylic acids is 1. The van der Waals surface area contributed by atoms with Crippen LogP contribution in [0, 0.1) is 6.92 Å². The van der Waals surface area contributed by atoms with Crippen LogP contribution in [0.4, 0.5) is 5.69 Å². The summed E-state index contributed by atoms with van der Waals surface area (Å²) in [6.07, 6.45) is 2.47. The third kappa shape index (κ3) is 5.10. The Morgan fingerprint density at radius 3 is 2.35 bits per heavy atom. The van der Waals surface area contributed by atoms with Crippen molar-refractivity contribution in [3.8, 4) is 0 Å². The van der Waals surface area contributed by atoms with Gasteiger partial charge in [0.1, 0.15) is 0 Å². The van der Waals surface area contributed by atoms with E-state index in [9.17, 15) is 4.79 Å². The number of unbranched alkanes of at least 4 members (excludes halogenated alkanes) is 1. The Morgan fingerprint density at radius 1 is 1.24 bits per heavy atom. The van der Waals surface area contributed by atoms with Crippen LogP contribution in [0.1, 0.15) is 24.8 Å². The number of aryl methyl sites for hydroxylation is 1. The normalized spacial score (nSPS) is 10.4. The predicted octanol–water partition coefficient (Wildman–Crippen LogP) is 5.02. The molecule has 0 heterocycles. The Kier molecular flexibility index (Phi) is 6.74. The minimum atomic E-state index is 0.0520. The Morgan fingerprint density at radius 2 is 1.82 bits per heavy atom. The molecule has 0 radical (unpaired) electrons. The van der Waals surface area contributed by atoms with E-state index in [1.54, 1.807) is 0 Å². The lowest BCUT2D eigenvalue weighted by Gasteiger charge is -2.10. The number of anilines is 1. The topological polar surface area (TPSA) is 29.1 Å². The SMILES string of the molecule is Cc1cc(Br)c(NC(=O)CCCCBr)c(Br)c1. The van der Waals surface area contributed by atoms with Gasteiger partial charge in [-0.05, 0) is 69.3 Å². The third-order valence-electron chi connectivity index (χ3n) is 2.24. The van der Waals surface area contributed by atoms with Gasteiger partial charge in [-0.2, -0.15) is 0 Å². The molecule has 0 fully saturated rings. The number of amides is 1. The van der Waals surface area contributed by atoms with E-state index in [0.717, 1.165) is 38.4 Å². The second kappa shape index (κ2) is 7.54. The van der Waals surface area contributed by atoms with E-state index in [1.807, 2.05) is 19.1 Å². The summed E-state index contributed by atoms with van der Waals surface area (Å²) in [7, 11) is 0. The molecule has 0 aliphatic rings. The van der Waals surface area contributed by atoms with E-state index in [1.165, 1.54) is 0 Å². The molecule has 94 valence electrons. The summed E-state index contributed by atoms with van der Waals surface area (Å²) in [5.41, 5.74) is 1.94. The number of nitrogens with one attached hydrogen (secondary N) is 1. The molecule has 0 unspecified atom stereocenters. The van der Waals surface area contributed by atoms with Gasteiger partial charge in [-0.1, -0.05) is 15.9 Å². The number of hydrogen-bond donors (Lipinski definition) is 1. The fourth-order valence-corrected chi connectivity index (χ4v) is 3.41. The minimum Gasteiger partial charge on any atom is -0.324 e. The van der Waals surface area contributed by atoms with Crippen molar-refractivity contribution in [2.75, 3.05) is 10.6 Å². The van der Waals surface area contributed by atoms with E-state index >= 15 is 0 Å². The molecule has 1 aromatic carbocycles. The van der Waals surface area contributed by atoms with Crippen molar-refractivity contribution in [1.29, 1.82) is 0 Å². The first-order chi connectivity index (χ1) is 8.04. The van der Waals surface area contributed by atoms with Crippen LogP contribution in [0.3, 0.4) is 0 Å². The zero-order chi connectivity index (χ0) is 12.8. The average Bonchev–Trinajstić information content (AvgIpc) is 2.24. The molecule has 0 aliphatic heterocycles. The maximum Gasteiger partial charge on any atom is 0.224 e. The maximum atomic E-state index is 11.7. The average molecular weight is 428 g/mol. The molecule has 5 heteroatoms. The van der Waals surface area contributed by atoms with Crippen molar-refractivity contribution < 1.29 is 4.79 Å². The van der Waals surface area contributed by atoms with Crippen molar-refractivity contribution in [2.24, 2.45) is 0 Å². The van der Waals surface area contributed by atoms with Gasteiger partial charge in [0.15, 0.2) is 0 Å². The van der Waals surface area contributed by atoms with Gasteiger partial charge in [0.05, 0.1) is 5.69 Å². The number of benzene rings is 1. The van der Waals surface area contributed by atoms with Gasteiger partial charge >= 0.3 is 0 Å². The van der Waals surface area contributed by atoms with E-state index < -0.39 is 0 Å². The Bertz CT molecular complexity index is 384. The Balaban J connectivity index is 2.65. The van der Waals surface area contributed by atoms with Crippen LogP contribution in [-0.2, 0) is 4.79 Å². The number of halogens is 3. The molecule has 0 aromatic heterocycles. The summed E-state index contributed by atoms with van der Waals surface area (Å²) in [5, 5.41) is 3.86. The second-order valence-electron chi connectivity index (χ2n) is 3.80. The van der Waals surface area contributed by atoms with Crippen LogP contribution >= 0.6 is 47.8 Å². The molecule has 1 N–H and O–H groups in total. The molecule has 0 saturated heterocycles. The van der Waals surface area contributed by atoms with Crippen LogP contribution in [0.5, 0.6) is 0 Å². The maximum absolute atomic E-state index is 11.7. The van der Waals surface area contributed by atoms with E-state index in [-0.39, 0.29) is 5.91 Å². The molecule has 0 atom stereocenters. The van der Waals surface area contributed by atoms with Gasteiger partial charge in [0.25, 0.3) is 0 Å². The minimum absolute atomic E-state index is 0.0520. The van der Waals surface area contributed by atoms with Crippen molar-refractivity contribution >= 4 is 59.4 Å². The smallest absolute Gasteiger partial charge is 0.224 e. The number of rotatable bonds is 5. The highest BCUT2D eigenvalue weighted by Gasteiger charge is 2.09. The standard InChI is InChI=1S/C12H14Br3NO/c1-8-6-9(14)12(10(15)7-8)16-11(17)4-2-3-5-13/h6-7H,2-5H2,1H3,(H,16,17). The van der Waals surface area contributed by atoms with Gasteiger partial charge in [0.2, 0.25) is 5.91 Å². The number of carbonyl (C=O) groups is 1. The molecule has 0 bridgehead atoms. The number of hydrogen-bond acceptors (Lipinski definition) is 1. The van der Waals surface area contributed by atoms with E-state index in [4.69, 9.17) is 0 Å². The van der Waals surface area contributed by atoms with Crippen molar-refractivity contribution in [2.45, 2.75) is 26.2 Å². The number of alkyl halides is 1. The molecule has 0 spiro atoms. The van der Waals surface area contributed by atoms with Crippen LogP contribution in [0.15, 0.2) is 21.1 Å². The van der Waals surface area contributed by atoms with Gasteiger partial charge < -0.3 is 5.32 Å². The van der Waals surface area contributed by atoms with Crippen LogP contribution in [0.2, 0.25) is 0 Å². The zero-order valence-corrected chi connectivity index (χ0v) is 14.3. The molecule has 1 rings (SSSR count). The predicted molar refractivity (Wildman–Crippen MR) is 82.9 cm³/mol. The highest BCUT2D eigenvalue weighted by atomic mass is 79.9. The summed E-state index contributed by atoms with van der Waals surface area (Å²) in [6.45, 7) is 2.01. The highest BCUT2D eigenvalue weighted by molar-refractivity contribution is 9.11. The fraction of sp³-hybridized carbons (Fsp3) is 0.417. The van der Waals surface area contributed by atoms with Crippen LogP contribution < -0.4 is 5.32 Å². The third-order valence-corrected chi connectivity index (χ3v) is 4.05. The molecule has 1 amide bonds. The van der Waals surface area contributed by atoms with Crippen molar-refractivity contribution in [3.63, 3.8) is 0 Å². The second-order valence-corrected chi connectivity index (χ2v) is 6.30. The molecule has 2 nitrogen and oxygen atoms in total. The highest BCUT2D eigenvalue weighted by Crippen LogP contribution is 2.32. The zero-order valence-electron chi connectivity index (χ0n) is 9.53. The summed E-state index contributed by atoms with van der Waals surface area (Å²) in [4.78, 5) is 11.7. The lowest BCUT2D eigenvalue weighted by atomic mass is 10.2. The van der Waals surface area contributed by atoms with Gasteiger partial charge in [-0.15, -0.1) is 0 Å². The first kappa shape index (κ1) is 15.2. The monoisotopic (exact) mass is 425 g/mol. The summed E-state index contributed by atoms with van der Waals surface area (Å²) >= 11 is 10.3. The van der Waals surface area contributed by atoms with Gasteiger partial charge in [-0.25, -0.2) is 0 Å². The lowest BCUT2D eigenvalue weighted by Crippen LogP contribution is -2.12. The van der Waals surface area contributed by atoms with E-state index in [2.05, 4.69) is 53.1 Å². The summed E-state index contributed by atoms with van der Waals surface area (Å²) in [6, 6.07) is 3.97. The molecule has 0 aliphatic carbocycles. The van der Waals surface area contributed by atoms with Crippen LogP contribution in [0.25, 0.3) is 0 Å². The van der Waals surface area contributed by atoms with Crippen LogP contribution in [-0.4, -0.2) is 11.2 Å². The molecular weight excluding hydrogens is 414 g/mol. The Hall–Kier alpha value is 0.130. The first-order valence-electron chi connectivity index (χ1n) is 5.36. The van der Waals surface area contributed by atoms with Gasteiger partial charge in [-0.3, -0.25) is 4.79 Å².